The highest BCUT2D eigenvalue weighted by Crippen LogP contribution is 2.19. The Bertz CT molecular complexity index is 611. The van der Waals surface area contributed by atoms with E-state index in [4.69, 9.17) is 0 Å². The third-order valence-corrected chi connectivity index (χ3v) is 2.84. The highest BCUT2D eigenvalue weighted by Gasteiger charge is 2.11. The molecule has 0 saturated carbocycles. The lowest BCUT2D eigenvalue weighted by atomic mass is 10.1. The zero-order chi connectivity index (χ0) is 13.8. The summed E-state index contributed by atoms with van der Waals surface area (Å²) in [6, 6.07) is 9.84. The average molecular weight is 257 g/mol. The molecule has 0 spiro atoms. The summed E-state index contributed by atoms with van der Waals surface area (Å²) >= 11 is 0. The van der Waals surface area contributed by atoms with Gasteiger partial charge in [0.25, 0.3) is 5.69 Å². The van der Waals surface area contributed by atoms with Crippen molar-refractivity contribution in [2.24, 2.45) is 0 Å². The highest BCUT2D eigenvalue weighted by atomic mass is 16.6. The lowest BCUT2D eigenvalue weighted by Crippen LogP contribution is -2.03. The van der Waals surface area contributed by atoms with Gasteiger partial charge in [-0.1, -0.05) is 29.8 Å². The van der Waals surface area contributed by atoms with E-state index in [2.05, 4.69) is 16.4 Å². The van der Waals surface area contributed by atoms with Gasteiger partial charge in [-0.15, -0.1) is 0 Å². The molecule has 98 valence electrons. The molecule has 5 heteroatoms. The van der Waals surface area contributed by atoms with E-state index in [9.17, 15) is 10.1 Å². The number of aromatic nitrogens is 1. The van der Waals surface area contributed by atoms with Gasteiger partial charge in [-0.05, 0) is 25.5 Å². The number of rotatable bonds is 4. The zero-order valence-corrected chi connectivity index (χ0v) is 10.9. The summed E-state index contributed by atoms with van der Waals surface area (Å²) in [5, 5.41) is 13.9. The summed E-state index contributed by atoms with van der Waals surface area (Å²) in [6.07, 6.45) is 1.29. The van der Waals surface area contributed by atoms with Crippen molar-refractivity contribution in [1.82, 2.24) is 4.98 Å². The number of benzene rings is 1. The molecule has 1 aromatic heterocycles. The number of nitrogens with one attached hydrogen (secondary N) is 1. The van der Waals surface area contributed by atoms with Gasteiger partial charge in [-0.2, -0.15) is 0 Å². The second kappa shape index (κ2) is 5.48. The molecule has 0 atom stereocenters. The minimum atomic E-state index is -0.424. The Hall–Kier alpha value is -2.43. The fourth-order valence-corrected chi connectivity index (χ4v) is 1.85. The van der Waals surface area contributed by atoms with E-state index in [0.29, 0.717) is 17.9 Å². The minimum Gasteiger partial charge on any atom is -0.366 e. The summed E-state index contributed by atoms with van der Waals surface area (Å²) in [4.78, 5) is 14.3. The number of pyridine rings is 1. The Kier molecular flexibility index (Phi) is 3.75. The summed E-state index contributed by atoms with van der Waals surface area (Å²) in [6.45, 7) is 4.39. The van der Waals surface area contributed by atoms with Crippen molar-refractivity contribution in [1.29, 1.82) is 0 Å². The molecule has 0 aliphatic rings. The quantitative estimate of drug-likeness (QED) is 0.674. The number of hydrogen-bond donors (Lipinski definition) is 1. The van der Waals surface area contributed by atoms with Gasteiger partial charge in [0.1, 0.15) is 12.0 Å². The lowest BCUT2D eigenvalue weighted by Gasteiger charge is -2.07. The van der Waals surface area contributed by atoms with Gasteiger partial charge in [0, 0.05) is 12.1 Å². The zero-order valence-electron chi connectivity index (χ0n) is 10.9. The van der Waals surface area contributed by atoms with E-state index in [1.807, 2.05) is 25.1 Å². The van der Waals surface area contributed by atoms with Crippen LogP contribution in [0.1, 0.15) is 16.7 Å². The Morgan fingerprint density at radius 3 is 2.74 bits per heavy atom. The van der Waals surface area contributed by atoms with Crippen LogP contribution in [-0.4, -0.2) is 9.91 Å². The topological polar surface area (TPSA) is 68.1 Å². The van der Waals surface area contributed by atoms with Crippen LogP contribution in [0.3, 0.4) is 0 Å². The molecular formula is C14H15N3O2. The van der Waals surface area contributed by atoms with Crippen molar-refractivity contribution in [2.75, 3.05) is 5.32 Å². The normalized spacial score (nSPS) is 10.2. The van der Waals surface area contributed by atoms with Gasteiger partial charge < -0.3 is 5.32 Å². The van der Waals surface area contributed by atoms with Crippen molar-refractivity contribution in [2.45, 2.75) is 20.4 Å². The van der Waals surface area contributed by atoms with Gasteiger partial charge in [-0.25, -0.2) is 4.98 Å². The Balaban J connectivity index is 2.08. The van der Waals surface area contributed by atoms with Crippen LogP contribution in [0.5, 0.6) is 0 Å². The van der Waals surface area contributed by atoms with E-state index in [-0.39, 0.29) is 5.69 Å². The first-order chi connectivity index (χ1) is 9.06. The summed E-state index contributed by atoms with van der Waals surface area (Å²) < 4.78 is 0. The smallest absolute Gasteiger partial charge is 0.290 e. The maximum absolute atomic E-state index is 10.7. The molecule has 1 aromatic carbocycles. The fourth-order valence-electron chi connectivity index (χ4n) is 1.85. The van der Waals surface area contributed by atoms with Crippen LogP contribution in [-0.2, 0) is 6.54 Å². The number of anilines is 1. The third kappa shape index (κ3) is 3.28. The average Bonchev–Trinajstić information content (AvgIpc) is 2.36. The molecule has 19 heavy (non-hydrogen) atoms. The lowest BCUT2D eigenvalue weighted by molar-refractivity contribution is -0.385. The number of hydrogen-bond acceptors (Lipinski definition) is 4. The van der Waals surface area contributed by atoms with Gasteiger partial charge in [0.15, 0.2) is 0 Å². The van der Waals surface area contributed by atoms with Crippen LogP contribution in [0.2, 0.25) is 0 Å². The molecule has 2 aromatic rings. The van der Waals surface area contributed by atoms with Crippen molar-refractivity contribution < 1.29 is 4.92 Å². The van der Waals surface area contributed by atoms with E-state index < -0.39 is 4.92 Å². The Morgan fingerprint density at radius 2 is 2.11 bits per heavy atom. The first kappa shape index (κ1) is 13.0. The predicted molar refractivity (Wildman–Crippen MR) is 74.1 cm³/mol. The molecule has 0 aliphatic carbocycles. The van der Waals surface area contributed by atoms with Gasteiger partial charge in [-0.3, -0.25) is 10.1 Å². The highest BCUT2D eigenvalue weighted by molar-refractivity contribution is 5.47. The van der Waals surface area contributed by atoms with Crippen molar-refractivity contribution in [3.05, 3.63) is 63.3 Å². The van der Waals surface area contributed by atoms with Gasteiger partial charge in [0.05, 0.1) is 4.92 Å². The maximum atomic E-state index is 10.7. The van der Waals surface area contributed by atoms with Gasteiger partial charge >= 0.3 is 0 Å². The van der Waals surface area contributed by atoms with Crippen molar-refractivity contribution >= 4 is 11.5 Å². The predicted octanol–water partition coefficient (Wildman–Crippen LogP) is 3.22. The number of nitrogens with zero attached hydrogens (tertiary/aromatic N) is 2. The summed E-state index contributed by atoms with van der Waals surface area (Å²) in [7, 11) is 0. The van der Waals surface area contributed by atoms with Gasteiger partial charge in [0.2, 0.25) is 0 Å². The molecule has 0 bridgehead atoms. The molecule has 0 aliphatic heterocycles. The van der Waals surface area contributed by atoms with Crippen LogP contribution in [0.25, 0.3) is 0 Å². The summed E-state index contributed by atoms with van der Waals surface area (Å²) in [5.74, 6) is 0.643. The molecule has 0 saturated heterocycles. The van der Waals surface area contributed by atoms with E-state index in [1.165, 1.54) is 11.8 Å². The molecule has 1 heterocycles. The molecule has 0 amide bonds. The molecule has 0 fully saturated rings. The fraction of sp³-hybridized carbons (Fsp3) is 0.214. The molecule has 0 unspecified atom stereocenters. The minimum absolute atomic E-state index is 0.0427. The molecule has 1 N–H and O–H groups in total. The standard InChI is InChI=1S/C14H15N3O2/c1-10-4-3-5-12(6-10)8-15-14-7-11(2)13(9-16-14)17(18)19/h3-7,9H,8H2,1-2H3,(H,15,16). The van der Waals surface area contributed by atoms with E-state index >= 15 is 0 Å². The van der Waals surface area contributed by atoms with Crippen LogP contribution >= 0.6 is 0 Å². The maximum Gasteiger partial charge on any atom is 0.290 e. The van der Waals surface area contributed by atoms with Crippen molar-refractivity contribution in [3.63, 3.8) is 0 Å². The van der Waals surface area contributed by atoms with Crippen molar-refractivity contribution in [3.8, 4) is 0 Å². The van der Waals surface area contributed by atoms with E-state index in [1.54, 1.807) is 13.0 Å². The molecule has 2 rings (SSSR count). The molecule has 5 nitrogen and oxygen atoms in total. The Morgan fingerprint density at radius 1 is 1.32 bits per heavy atom. The third-order valence-electron chi connectivity index (χ3n) is 2.84. The van der Waals surface area contributed by atoms with E-state index in [0.717, 1.165) is 5.56 Å². The first-order valence-electron chi connectivity index (χ1n) is 5.97. The number of aryl methyl sites for hydroxylation is 2. The monoisotopic (exact) mass is 257 g/mol. The first-order valence-corrected chi connectivity index (χ1v) is 5.97. The second-order valence-electron chi connectivity index (χ2n) is 4.46. The molecular weight excluding hydrogens is 242 g/mol. The van der Waals surface area contributed by atoms with Crippen LogP contribution in [0.4, 0.5) is 11.5 Å². The van der Waals surface area contributed by atoms with Crippen LogP contribution < -0.4 is 5.32 Å². The number of nitro groups is 1. The SMILES string of the molecule is Cc1cccc(CNc2cc(C)c([N+](=O)[O-])cn2)c1. The van der Waals surface area contributed by atoms with Crippen LogP contribution in [0.15, 0.2) is 36.5 Å². The Labute approximate surface area is 111 Å². The second-order valence-corrected chi connectivity index (χ2v) is 4.46. The largest absolute Gasteiger partial charge is 0.366 e. The van der Waals surface area contributed by atoms with Crippen LogP contribution in [0, 0.1) is 24.0 Å². The molecule has 0 radical (unpaired) electrons. The summed E-state index contributed by atoms with van der Waals surface area (Å²) in [5.41, 5.74) is 3.00.